The number of nitrogens with zero attached hydrogens (tertiary/aromatic N) is 1. The summed E-state index contributed by atoms with van der Waals surface area (Å²) < 4.78 is 6.67. The minimum Gasteiger partial charge on any atom is -0.464 e. The molecule has 1 N–H and O–H groups in total. The van der Waals surface area contributed by atoms with Gasteiger partial charge in [0.2, 0.25) is 0 Å². The Hall–Kier alpha value is -1.52. The van der Waals surface area contributed by atoms with Crippen LogP contribution in [-0.2, 0) is 16.6 Å². The van der Waals surface area contributed by atoms with E-state index in [1.807, 2.05) is 17.7 Å². The maximum atomic E-state index is 11.5. The summed E-state index contributed by atoms with van der Waals surface area (Å²) in [5.41, 5.74) is 1.42. The van der Waals surface area contributed by atoms with Crippen LogP contribution in [0.3, 0.4) is 0 Å². The van der Waals surface area contributed by atoms with Gasteiger partial charge in [0.25, 0.3) is 0 Å². The maximum Gasteiger partial charge on any atom is 0.339 e. The van der Waals surface area contributed by atoms with Crippen molar-refractivity contribution < 1.29 is 14.6 Å². The summed E-state index contributed by atoms with van der Waals surface area (Å²) >= 11 is 6.08. The third-order valence-electron chi connectivity index (χ3n) is 2.79. The number of ether oxygens (including phenoxy) is 1. The molecule has 0 aliphatic rings. The summed E-state index contributed by atoms with van der Waals surface area (Å²) in [6, 6.07) is 5.22. The fraction of sp³-hybridized carbons (Fsp3) is 0.308. The monoisotopic (exact) mass is 267 g/mol. The van der Waals surface area contributed by atoms with E-state index in [0.29, 0.717) is 10.6 Å². The van der Waals surface area contributed by atoms with Crippen LogP contribution in [0.4, 0.5) is 0 Å². The molecule has 2 rings (SSSR count). The Morgan fingerprint density at radius 2 is 2.28 bits per heavy atom. The maximum absolute atomic E-state index is 11.5. The number of esters is 1. The zero-order valence-corrected chi connectivity index (χ0v) is 10.9. The number of aromatic nitrogens is 1. The molecule has 1 aromatic heterocycles. The van der Waals surface area contributed by atoms with Crippen LogP contribution in [0.2, 0.25) is 5.02 Å². The van der Waals surface area contributed by atoms with Crippen molar-refractivity contribution in [3.63, 3.8) is 0 Å². The van der Waals surface area contributed by atoms with Gasteiger partial charge in [0.05, 0.1) is 11.6 Å². The Morgan fingerprint density at radius 1 is 1.56 bits per heavy atom. The molecule has 2 aromatic rings. The van der Waals surface area contributed by atoms with Crippen molar-refractivity contribution in [2.75, 3.05) is 6.61 Å². The first kappa shape index (κ1) is 12.9. The van der Waals surface area contributed by atoms with Crippen LogP contribution in [0.1, 0.15) is 18.6 Å². The van der Waals surface area contributed by atoms with Crippen LogP contribution in [0.25, 0.3) is 10.9 Å². The number of fused-ring (bicyclic) bond motifs is 1. The van der Waals surface area contributed by atoms with Crippen molar-refractivity contribution in [1.82, 2.24) is 4.57 Å². The molecule has 1 atom stereocenters. The lowest BCUT2D eigenvalue weighted by Crippen LogP contribution is -2.15. The molecular formula is C13H14ClNO3. The van der Waals surface area contributed by atoms with Crippen molar-refractivity contribution in [3.8, 4) is 0 Å². The van der Waals surface area contributed by atoms with Crippen molar-refractivity contribution >= 4 is 28.5 Å². The molecule has 0 fully saturated rings. The average Bonchev–Trinajstić information content (AvgIpc) is 2.64. The quantitative estimate of drug-likeness (QED) is 0.869. The molecule has 0 bridgehead atoms. The lowest BCUT2D eigenvalue weighted by molar-refractivity contribution is -0.153. The zero-order chi connectivity index (χ0) is 13.3. The van der Waals surface area contributed by atoms with E-state index < -0.39 is 12.1 Å². The number of rotatable bonds is 3. The van der Waals surface area contributed by atoms with Crippen LogP contribution in [-0.4, -0.2) is 22.2 Å². The highest BCUT2D eigenvalue weighted by Gasteiger charge is 2.19. The fourth-order valence-corrected chi connectivity index (χ4v) is 2.19. The summed E-state index contributed by atoms with van der Waals surface area (Å²) in [7, 11) is 1.88. The van der Waals surface area contributed by atoms with Crippen LogP contribution < -0.4 is 0 Å². The van der Waals surface area contributed by atoms with E-state index in [1.165, 1.54) is 0 Å². The number of hydrogen-bond donors (Lipinski definition) is 1. The molecule has 4 nitrogen and oxygen atoms in total. The summed E-state index contributed by atoms with van der Waals surface area (Å²) in [4.78, 5) is 11.5. The summed E-state index contributed by atoms with van der Waals surface area (Å²) in [6.07, 6.45) is 0.512. The minimum absolute atomic E-state index is 0.240. The van der Waals surface area contributed by atoms with E-state index in [4.69, 9.17) is 16.3 Å². The standard InChI is InChI=1S/C13H14ClNO3/c1-3-18-13(17)12(16)8-4-5-11-9(6-8)10(14)7-15(11)2/h4-7,12,16H,3H2,1-2H3. The van der Waals surface area contributed by atoms with Crippen molar-refractivity contribution in [2.24, 2.45) is 7.05 Å². The second-order valence-corrected chi connectivity index (χ2v) is 4.43. The van der Waals surface area contributed by atoms with E-state index in [0.717, 1.165) is 10.9 Å². The summed E-state index contributed by atoms with van der Waals surface area (Å²) in [6.45, 7) is 1.94. The van der Waals surface area contributed by atoms with Gasteiger partial charge in [-0.1, -0.05) is 17.7 Å². The number of benzene rings is 1. The van der Waals surface area contributed by atoms with Crippen molar-refractivity contribution in [2.45, 2.75) is 13.0 Å². The van der Waals surface area contributed by atoms with Crippen molar-refractivity contribution in [1.29, 1.82) is 0 Å². The Kier molecular flexibility index (Phi) is 3.59. The van der Waals surface area contributed by atoms with E-state index in [2.05, 4.69) is 0 Å². The molecule has 96 valence electrons. The number of carbonyl (C=O) groups is 1. The molecular weight excluding hydrogens is 254 g/mol. The minimum atomic E-state index is -1.27. The first-order chi connectivity index (χ1) is 8.54. The van der Waals surface area contributed by atoms with Gasteiger partial charge >= 0.3 is 5.97 Å². The number of hydrogen-bond acceptors (Lipinski definition) is 3. The zero-order valence-electron chi connectivity index (χ0n) is 10.2. The number of aliphatic hydroxyl groups is 1. The second kappa shape index (κ2) is 5.00. The summed E-state index contributed by atoms with van der Waals surface area (Å²) in [5.74, 6) is -0.649. The highest BCUT2D eigenvalue weighted by molar-refractivity contribution is 6.35. The summed E-state index contributed by atoms with van der Waals surface area (Å²) in [5, 5.41) is 11.2. The lowest BCUT2D eigenvalue weighted by Gasteiger charge is -2.10. The molecule has 0 amide bonds. The molecule has 0 saturated carbocycles. The Balaban J connectivity index is 2.41. The van der Waals surface area contributed by atoms with E-state index in [1.54, 1.807) is 25.3 Å². The number of carbonyl (C=O) groups excluding carboxylic acids is 1. The van der Waals surface area contributed by atoms with Gasteiger partial charge in [-0.05, 0) is 24.6 Å². The fourth-order valence-electron chi connectivity index (χ4n) is 1.89. The van der Waals surface area contributed by atoms with Gasteiger partial charge in [0.15, 0.2) is 6.10 Å². The van der Waals surface area contributed by atoms with Gasteiger partial charge in [-0.3, -0.25) is 0 Å². The highest BCUT2D eigenvalue weighted by atomic mass is 35.5. The molecule has 0 aliphatic heterocycles. The first-order valence-corrected chi connectivity index (χ1v) is 6.01. The SMILES string of the molecule is CCOC(=O)C(O)c1ccc2c(c1)c(Cl)cn2C. The second-order valence-electron chi connectivity index (χ2n) is 4.02. The molecule has 0 radical (unpaired) electrons. The molecule has 0 aliphatic carbocycles. The number of aryl methyl sites for hydroxylation is 1. The van der Waals surface area contributed by atoms with Gasteiger partial charge in [-0.25, -0.2) is 4.79 Å². The molecule has 1 heterocycles. The molecule has 1 aromatic carbocycles. The van der Waals surface area contributed by atoms with Crippen LogP contribution >= 0.6 is 11.6 Å². The topological polar surface area (TPSA) is 51.5 Å². The smallest absolute Gasteiger partial charge is 0.339 e. The molecule has 0 saturated heterocycles. The Morgan fingerprint density at radius 3 is 2.94 bits per heavy atom. The number of halogens is 1. The van der Waals surface area contributed by atoms with Gasteiger partial charge in [0, 0.05) is 24.1 Å². The molecule has 18 heavy (non-hydrogen) atoms. The number of aliphatic hydroxyl groups excluding tert-OH is 1. The van der Waals surface area contributed by atoms with E-state index >= 15 is 0 Å². The van der Waals surface area contributed by atoms with Crippen LogP contribution in [0, 0.1) is 0 Å². The van der Waals surface area contributed by atoms with Gasteiger partial charge in [0.1, 0.15) is 0 Å². The largest absolute Gasteiger partial charge is 0.464 e. The van der Waals surface area contributed by atoms with Gasteiger partial charge < -0.3 is 14.4 Å². The van der Waals surface area contributed by atoms with Crippen molar-refractivity contribution in [3.05, 3.63) is 35.0 Å². The predicted molar refractivity (Wildman–Crippen MR) is 69.5 cm³/mol. The van der Waals surface area contributed by atoms with E-state index in [-0.39, 0.29) is 6.61 Å². The molecule has 5 heteroatoms. The Labute approximate surface area is 110 Å². The molecule has 1 unspecified atom stereocenters. The average molecular weight is 268 g/mol. The third-order valence-corrected chi connectivity index (χ3v) is 3.09. The van der Waals surface area contributed by atoms with Gasteiger partial charge in [-0.15, -0.1) is 0 Å². The predicted octanol–water partition coefficient (Wildman–Crippen LogP) is 2.43. The highest BCUT2D eigenvalue weighted by Crippen LogP contribution is 2.28. The van der Waals surface area contributed by atoms with Crippen LogP contribution in [0.15, 0.2) is 24.4 Å². The van der Waals surface area contributed by atoms with E-state index in [9.17, 15) is 9.90 Å². The lowest BCUT2D eigenvalue weighted by atomic mass is 10.1. The Bertz CT molecular complexity index is 591. The first-order valence-electron chi connectivity index (χ1n) is 5.63. The third kappa shape index (κ3) is 2.21. The van der Waals surface area contributed by atoms with Crippen LogP contribution in [0.5, 0.6) is 0 Å². The van der Waals surface area contributed by atoms with Gasteiger partial charge in [-0.2, -0.15) is 0 Å². The normalized spacial score (nSPS) is 12.7. The molecule has 0 spiro atoms.